The van der Waals surface area contributed by atoms with Crippen molar-refractivity contribution in [2.75, 3.05) is 6.61 Å². The molecule has 5 heteroatoms. The molecule has 2 unspecified atom stereocenters. The van der Waals surface area contributed by atoms with E-state index in [-0.39, 0.29) is 41.0 Å². The van der Waals surface area contributed by atoms with E-state index in [1.165, 1.54) is 5.47 Å². The van der Waals surface area contributed by atoms with Crippen molar-refractivity contribution in [1.29, 1.82) is 0 Å². The largest absolute Gasteiger partial charge is 0.490 e. The fourth-order valence-corrected chi connectivity index (χ4v) is 5.06. The van der Waals surface area contributed by atoms with Crippen LogP contribution in [-0.4, -0.2) is 30.9 Å². The van der Waals surface area contributed by atoms with E-state index in [1.54, 1.807) is 0 Å². The number of carbonyl (C=O) groups is 1. The molecule has 146 valence electrons. The summed E-state index contributed by atoms with van der Waals surface area (Å²) >= 11 is 0. The summed E-state index contributed by atoms with van der Waals surface area (Å²) in [6.07, 6.45) is 5.44. The van der Waals surface area contributed by atoms with Crippen molar-refractivity contribution in [3.05, 3.63) is 11.5 Å². The Morgan fingerprint density at radius 1 is 1.19 bits per heavy atom. The van der Waals surface area contributed by atoms with Crippen LogP contribution in [0.15, 0.2) is 11.5 Å². The molecular weight excluding hydrogens is 327 g/mol. The van der Waals surface area contributed by atoms with E-state index >= 15 is 0 Å². The summed E-state index contributed by atoms with van der Waals surface area (Å²) in [5.74, 6) is 0.280. The summed E-state index contributed by atoms with van der Waals surface area (Å²) in [5.41, 5.74) is 0.892. The molecule has 26 heavy (non-hydrogen) atoms. The summed E-state index contributed by atoms with van der Waals surface area (Å²) in [6.45, 7) is 17.5. The zero-order valence-electron chi connectivity index (χ0n) is 17.8. The summed E-state index contributed by atoms with van der Waals surface area (Å²) in [5, 5.41) is 0. The molecule has 0 bridgehead atoms. The lowest BCUT2D eigenvalue weighted by atomic mass is 9.69. The molecule has 0 amide bonds. The second-order valence-corrected chi connectivity index (χ2v) is 10.2. The van der Waals surface area contributed by atoms with Gasteiger partial charge in [-0.3, -0.25) is 4.79 Å². The molecule has 1 saturated heterocycles. The third-order valence-corrected chi connectivity index (χ3v) is 7.80. The summed E-state index contributed by atoms with van der Waals surface area (Å²) in [7, 11) is -0.250. The molecule has 0 aromatic heterocycles. The number of rotatable bonds is 4. The molecule has 4 nitrogen and oxygen atoms in total. The van der Waals surface area contributed by atoms with Crippen LogP contribution in [0.5, 0.6) is 0 Å². The second kappa shape index (κ2) is 6.10. The predicted molar refractivity (Wildman–Crippen MR) is 104 cm³/mol. The Hall–Kier alpha value is -0.805. The molecule has 3 aliphatic rings. The molecule has 4 atom stereocenters. The van der Waals surface area contributed by atoms with Crippen LogP contribution in [0, 0.1) is 22.7 Å². The maximum atomic E-state index is 12.2. The average molecular weight is 362 g/mol. The third kappa shape index (κ3) is 2.95. The Labute approximate surface area is 159 Å². The van der Waals surface area contributed by atoms with Gasteiger partial charge in [-0.2, -0.15) is 0 Å². The molecular formula is C21H35BO4. The number of fused-ring (bicyclic) bond motifs is 1. The summed E-state index contributed by atoms with van der Waals surface area (Å²) in [6, 6.07) is 0. The Kier molecular flexibility index (Phi) is 4.68. The Morgan fingerprint density at radius 3 is 2.27 bits per heavy atom. The zero-order valence-corrected chi connectivity index (χ0v) is 17.8. The second-order valence-electron chi connectivity index (χ2n) is 10.2. The van der Waals surface area contributed by atoms with Crippen LogP contribution in [0.3, 0.4) is 0 Å². The molecule has 0 aromatic rings. The van der Waals surface area contributed by atoms with Crippen LogP contribution in [0.1, 0.15) is 74.7 Å². The topological polar surface area (TPSA) is 44.8 Å². The van der Waals surface area contributed by atoms with Gasteiger partial charge in [-0.15, -0.1) is 0 Å². The van der Waals surface area contributed by atoms with Gasteiger partial charge >= 0.3 is 13.1 Å². The minimum atomic E-state index is -0.307. The van der Waals surface area contributed by atoms with Gasteiger partial charge in [0.1, 0.15) is 0 Å². The fraction of sp³-hybridized carbons (Fsp3) is 0.857. The molecule has 2 aliphatic carbocycles. The lowest BCUT2D eigenvalue weighted by Crippen LogP contribution is -2.41. The van der Waals surface area contributed by atoms with E-state index in [0.717, 1.165) is 19.3 Å². The highest BCUT2D eigenvalue weighted by atomic mass is 16.7. The van der Waals surface area contributed by atoms with Crippen molar-refractivity contribution < 1.29 is 18.8 Å². The van der Waals surface area contributed by atoms with Crippen LogP contribution in [0.4, 0.5) is 0 Å². The van der Waals surface area contributed by atoms with E-state index in [2.05, 4.69) is 47.6 Å². The van der Waals surface area contributed by atoms with Gasteiger partial charge < -0.3 is 14.0 Å². The number of allylic oxidation sites excluding steroid dienone is 2. The molecule has 1 heterocycles. The van der Waals surface area contributed by atoms with Crippen molar-refractivity contribution >= 4 is 13.1 Å². The van der Waals surface area contributed by atoms with Crippen molar-refractivity contribution in [3.8, 4) is 0 Å². The monoisotopic (exact) mass is 362 g/mol. The smallest absolute Gasteiger partial charge is 0.466 e. The predicted octanol–water partition coefficient (Wildman–Crippen LogP) is 4.57. The minimum Gasteiger partial charge on any atom is -0.466 e. The van der Waals surface area contributed by atoms with Crippen LogP contribution in [0.2, 0.25) is 0 Å². The van der Waals surface area contributed by atoms with Gasteiger partial charge in [0.05, 0.1) is 23.7 Å². The van der Waals surface area contributed by atoms with Crippen molar-refractivity contribution in [3.63, 3.8) is 0 Å². The maximum Gasteiger partial charge on any atom is 0.490 e. The van der Waals surface area contributed by atoms with Crippen LogP contribution in [0.25, 0.3) is 0 Å². The van der Waals surface area contributed by atoms with Gasteiger partial charge in [-0.25, -0.2) is 0 Å². The zero-order chi connectivity index (χ0) is 19.5. The first-order valence-electron chi connectivity index (χ1n) is 10.1. The van der Waals surface area contributed by atoms with Gasteiger partial charge in [0.25, 0.3) is 0 Å². The highest BCUT2D eigenvalue weighted by Crippen LogP contribution is 2.65. The molecule has 0 aromatic carbocycles. The van der Waals surface area contributed by atoms with Crippen molar-refractivity contribution in [2.24, 2.45) is 22.7 Å². The van der Waals surface area contributed by atoms with Crippen molar-refractivity contribution in [1.82, 2.24) is 0 Å². The molecule has 1 aliphatic heterocycles. The van der Waals surface area contributed by atoms with Gasteiger partial charge in [-0.1, -0.05) is 26.8 Å². The Morgan fingerprint density at radius 2 is 1.77 bits per heavy atom. The molecule has 3 rings (SSSR count). The number of hydrogen-bond donors (Lipinski definition) is 0. The summed E-state index contributed by atoms with van der Waals surface area (Å²) < 4.78 is 17.8. The quantitative estimate of drug-likeness (QED) is 0.543. The first kappa shape index (κ1) is 19.9. The Bertz CT molecular complexity index is 610. The van der Waals surface area contributed by atoms with Gasteiger partial charge in [0, 0.05) is 0 Å². The van der Waals surface area contributed by atoms with Crippen molar-refractivity contribution in [2.45, 2.75) is 85.9 Å². The molecule has 0 N–H and O–H groups in total. The highest BCUT2D eigenvalue weighted by Gasteiger charge is 2.60. The number of hydrogen-bond acceptors (Lipinski definition) is 4. The summed E-state index contributed by atoms with van der Waals surface area (Å²) in [4.78, 5) is 12.2. The molecule has 0 spiro atoms. The van der Waals surface area contributed by atoms with E-state index < -0.39 is 0 Å². The maximum absolute atomic E-state index is 12.2. The molecule has 0 radical (unpaired) electrons. The number of carbonyl (C=O) groups excluding carboxylic acids is 1. The number of esters is 1. The van der Waals surface area contributed by atoms with Gasteiger partial charge in [0.2, 0.25) is 0 Å². The van der Waals surface area contributed by atoms with Gasteiger partial charge in [-0.05, 0) is 76.1 Å². The van der Waals surface area contributed by atoms with E-state index in [4.69, 9.17) is 14.0 Å². The lowest BCUT2D eigenvalue weighted by Gasteiger charge is -2.34. The van der Waals surface area contributed by atoms with Crippen LogP contribution in [-0.2, 0) is 18.8 Å². The van der Waals surface area contributed by atoms with Crippen LogP contribution >= 0.6 is 0 Å². The first-order valence-corrected chi connectivity index (χ1v) is 10.1. The van der Waals surface area contributed by atoms with E-state index in [0.29, 0.717) is 12.5 Å². The highest BCUT2D eigenvalue weighted by molar-refractivity contribution is 6.54. The average Bonchev–Trinajstić information content (AvgIpc) is 2.98. The minimum absolute atomic E-state index is 0.0390. The standard InChI is InChI=1S/C21H35BO4/c1-9-24-17(23)14(2)15-10-20(7)12-16(13-21(20,8)11-15)22-25-18(3,4)19(5,6)26-22/h12,14-15H,9-11,13H2,1-8H3/t14?,15?,20-,21+/m1/s1. The Balaban J connectivity index is 1.77. The third-order valence-electron chi connectivity index (χ3n) is 7.80. The first-order chi connectivity index (χ1) is 11.8. The molecule has 1 saturated carbocycles. The number of ether oxygens (including phenoxy) is 1. The normalized spacial score (nSPS) is 38.8. The lowest BCUT2D eigenvalue weighted by molar-refractivity contribution is -0.149. The van der Waals surface area contributed by atoms with Gasteiger partial charge in [0.15, 0.2) is 0 Å². The van der Waals surface area contributed by atoms with E-state index in [1.807, 2.05) is 13.8 Å². The fourth-order valence-electron chi connectivity index (χ4n) is 5.06. The van der Waals surface area contributed by atoms with E-state index in [9.17, 15) is 4.79 Å². The SMILES string of the molecule is CCOC(=O)C(C)C1C[C@@]2(C)CC(B3OC(C)(C)C(C)(C)O3)=C[C@@]2(C)C1. The molecule has 2 fully saturated rings. The van der Waals surface area contributed by atoms with Crippen LogP contribution < -0.4 is 0 Å².